The van der Waals surface area contributed by atoms with E-state index in [1.54, 1.807) is 4.72 Å². The molecule has 0 aliphatic heterocycles. The third kappa shape index (κ3) is 3.67. The van der Waals surface area contributed by atoms with Gasteiger partial charge in [0.15, 0.2) is 23.5 Å². The van der Waals surface area contributed by atoms with E-state index in [-0.39, 0.29) is 0 Å². The molecule has 0 aliphatic rings. The Hall–Kier alpha value is -1.19. The van der Waals surface area contributed by atoms with Gasteiger partial charge in [-0.3, -0.25) is 4.79 Å². The van der Waals surface area contributed by atoms with Crippen molar-refractivity contribution in [3.63, 3.8) is 0 Å². The van der Waals surface area contributed by atoms with Crippen molar-refractivity contribution >= 4 is 17.6 Å². The minimum absolute atomic E-state index is 0.654. The average molecular weight is 357 g/mol. The summed E-state index contributed by atoms with van der Waals surface area (Å²) >= 11 is -2.29. The molecule has 1 aromatic rings. The van der Waals surface area contributed by atoms with Crippen LogP contribution in [-0.2, 0) is 21.7 Å². The molecule has 23 heavy (non-hydrogen) atoms. The number of carbonyl (C=O) groups is 1. The summed E-state index contributed by atoms with van der Waals surface area (Å²) < 4.78 is 82.0. The van der Waals surface area contributed by atoms with Gasteiger partial charge in [-0.25, -0.2) is 13.2 Å². The zero-order chi connectivity index (χ0) is 18.1. The lowest BCUT2D eigenvalue weighted by atomic mass is 9.85. The zero-order valence-electron chi connectivity index (χ0n) is 12.6. The van der Waals surface area contributed by atoms with Crippen LogP contribution in [0.4, 0.5) is 22.0 Å². The van der Waals surface area contributed by atoms with Crippen LogP contribution in [0.3, 0.4) is 0 Å². The van der Waals surface area contributed by atoms with E-state index in [2.05, 4.69) is 0 Å². The van der Waals surface area contributed by atoms with Gasteiger partial charge in [0.25, 0.3) is 0 Å². The SMILES string of the molecule is CC(C)(C)[S@@+]([O-])NC(CF)(c1cccc(F)c1F)C(F)(F)C=O. The first-order valence-corrected chi connectivity index (χ1v) is 7.62. The Morgan fingerprint density at radius 1 is 1.26 bits per heavy atom. The predicted molar refractivity (Wildman–Crippen MR) is 76.1 cm³/mol. The van der Waals surface area contributed by atoms with Gasteiger partial charge in [-0.2, -0.15) is 8.78 Å². The molecule has 0 saturated carbocycles. The van der Waals surface area contributed by atoms with Gasteiger partial charge in [0.05, 0.1) is 0 Å². The first-order valence-electron chi connectivity index (χ1n) is 6.47. The average Bonchev–Trinajstić information content (AvgIpc) is 2.46. The van der Waals surface area contributed by atoms with Gasteiger partial charge in [0, 0.05) is 16.9 Å². The van der Waals surface area contributed by atoms with Crippen LogP contribution in [0.1, 0.15) is 26.3 Å². The maximum absolute atomic E-state index is 14.1. The van der Waals surface area contributed by atoms with Crippen molar-refractivity contribution in [2.45, 2.75) is 37.0 Å². The standard InChI is InChI=1S/C14H16F5NO2S/c1-12(2,3)23(22)20-13(7-15,14(18,19)8-21)9-5-4-6-10(16)11(9)17/h4-6,8,20H,7H2,1-3H3/t13?,23-/m1/s1. The van der Waals surface area contributed by atoms with E-state index in [1.807, 2.05) is 0 Å². The summed E-state index contributed by atoms with van der Waals surface area (Å²) in [6.45, 7) is 2.22. The molecule has 0 aromatic heterocycles. The molecule has 3 nitrogen and oxygen atoms in total. The van der Waals surface area contributed by atoms with Crippen molar-refractivity contribution in [3.05, 3.63) is 35.4 Å². The number of benzene rings is 1. The summed E-state index contributed by atoms with van der Waals surface area (Å²) in [7, 11) is 0. The molecular formula is C14H16F5NO2S. The number of rotatable bonds is 6. The van der Waals surface area contributed by atoms with E-state index in [0.29, 0.717) is 12.1 Å². The zero-order valence-corrected chi connectivity index (χ0v) is 13.4. The minimum atomic E-state index is -4.47. The van der Waals surface area contributed by atoms with E-state index in [1.165, 1.54) is 20.8 Å². The molecule has 0 aliphatic carbocycles. The fraction of sp³-hybridized carbons (Fsp3) is 0.500. The highest BCUT2D eigenvalue weighted by atomic mass is 32.2. The molecule has 130 valence electrons. The van der Waals surface area contributed by atoms with Crippen LogP contribution in [0.25, 0.3) is 0 Å². The van der Waals surface area contributed by atoms with Crippen molar-refractivity contribution in [1.82, 2.24) is 4.72 Å². The van der Waals surface area contributed by atoms with Gasteiger partial charge in [0.1, 0.15) is 11.4 Å². The van der Waals surface area contributed by atoms with Crippen LogP contribution < -0.4 is 4.72 Å². The topological polar surface area (TPSA) is 52.2 Å². The molecule has 1 N–H and O–H groups in total. The number of carbonyl (C=O) groups excluding carboxylic acids is 1. The second kappa shape index (κ2) is 6.74. The highest BCUT2D eigenvalue weighted by Crippen LogP contribution is 2.40. The van der Waals surface area contributed by atoms with Gasteiger partial charge in [-0.15, -0.1) is 4.72 Å². The second-order valence-electron chi connectivity index (χ2n) is 5.86. The maximum Gasteiger partial charge on any atom is 0.331 e. The molecule has 0 spiro atoms. The van der Waals surface area contributed by atoms with E-state index >= 15 is 0 Å². The van der Waals surface area contributed by atoms with E-state index in [4.69, 9.17) is 0 Å². The molecular weight excluding hydrogens is 341 g/mol. The summed E-state index contributed by atoms with van der Waals surface area (Å²) in [6.07, 6.45) is -0.885. The Balaban J connectivity index is 3.60. The third-order valence-corrected chi connectivity index (χ3v) is 4.80. The molecule has 0 heterocycles. The highest BCUT2D eigenvalue weighted by molar-refractivity contribution is 7.90. The second-order valence-corrected chi connectivity index (χ2v) is 7.83. The van der Waals surface area contributed by atoms with Crippen LogP contribution in [0.2, 0.25) is 0 Å². The number of halogens is 5. The summed E-state index contributed by atoms with van der Waals surface area (Å²) in [6, 6.07) is 2.25. The maximum atomic E-state index is 14.1. The summed E-state index contributed by atoms with van der Waals surface area (Å²) in [5.74, 6) is -7.72. The Morgan fingerprint density at radius 2 is 1.83 bits per heavy atom. The molecule has 9 heteroatoms. The van der Waals surface area contributed by atoms with Crippen molar-refractivity contribution in [3.8, 4) is 0 Å². The third-order valence-electron chi connectivity index (χ3n) is 3.15. The van der Waals surface area contributed by atoms with Crippen molar-refractivity contribution in [2.75, 3.05) is 6.67 Å². The van der Waals surface area contributed by atoms with Crippen LogP contribution >= 0.6 is 0 Å². The van der Waals surface area contributed by atoms with Crippen LogP contribution in [-0.4, -0.2) is 28.2 Å². The lowest BCUT2D eigenvalue weighted by Gasteiger charge is -2.38. The van der Waals surface area contributed by atoms with Gasteiger partial charge in [0.2, 0.25) is 0 Å². The number of aldehydes is 1. The molecule has 1 aromatic carbocycles. The van der Waals surface area contributed by atoms with Gasteiger partial charge in [-0.1, -0.05) is 12.1 Å². The molecule has 0 bridgehead atoms. The lowest BCUT2D eigenvalue weighted by molar-refractivity contribution is -0.144. The van der Waals surface area contributed by atoms with Crippen molar-refractivity contribution < 1.29 is 31.3 Å². The van der Waals surface area contributed by atoms with E-state index < -0.39 is 57.7 Å². The first kappa shape index (κ1) is 19.9. The minimum Gasteiger partial charge on any atom is -0.598 e. The summed E-state index contributed by atoms with van der Waals surface area (Å²) in [4.78, 5) is 10.8. The van der Waals surface area contributed by atoms with Gasteiger partial charge in [-0.05, 0) is 26.8 Å². The fourth-order valence-corrected chi connectivity index (χ4v) is 2.66. The first-order chi connectivity index (χ1) is 10.4. The molecule has 0 saturated heterocycles. The number of alkyl halides is 3. The number of hydrogen-bond donors (Lipinski definition) is 1. The van der Waals surface area contributed by atoms with Crippen molar-refractivity contribution in [1.29, 1.82) is 0 Å². The smallest absolute Gasteiger partial charge is 0.331 e. The fourth-order valence-electron chi connectivity index (χ4n) is 1.74. The Kier molecular flexibility index (Phi) is 5.82. The normalized spacial score (nSPS) is 16.7. The van der Waals surface area contributed by atoms with Crippen LogP contribution in [0.15, 0.2) is 18.2 Å². The Labute approximate surface area is 133 Å². The molecule has 1 rings (SSSR count). The lowest BCUT2D eigenvalue weighted by Crippen LogP contribution is -2.63. The molecule has 1 unspecified atom stereocenters. The summed E-state index contributed by atoms with van der Waals surface area (Å²) in [5, 5.41) is 0. The van der Waals surface area contributed by atoms with Crippen LogP contribution in [0.5, 0.6) is 0 Å². The summed E-state index contributed by atoms with van der Waals surface area (Å²) in [5.41, 5.74) is -4.41. The molecule has 0 radical (unpaired) electrons. The Bertz CT molecular complexity index is 579. The highest BCUT2D eigenvalue weighted by Gasteiger charge is 2.60. The monoisotopic (exact) mass is 357 g/mol. The predicted octanol–water partition coefficient (Wildman–Crippen LogP) is 3.02. The van der Waals surface area contributed by atoms with Crippen LogP contribution in [0, 0.1) is 11.6 Å². The molecule has 0 amide bonds. The number of hydrogen-bond acceptors (Lipinski definition) is 3. The molecule has 2 atom stereocenters. The number of nitrogens with one attached hydrogen (secondary N) is 1. The largest absolute Gasteiger partial charge is 0.598 e. The van der Waals surface area contributed by atoms with Crippen molar-refractivity contribution in [2.24, 2.45) is 0 Å². The quantitative estimate of drug-likeness (QED) is 0.484. The van der Waals surface area contributed by atoms with Gasteiger partial charge < -0.3 is 4.55 Å². The Morgan fingerprint density at radius 3 is 2.26 bits per heavy atom. The van der Waals surface area contributed by atoms with E-state index in [0.717, 1.165) is 6.07 Å². The van der Waals surface area contributed by atoms with Gasteiger partial charge >= 0.3 is 5.92 Å². The molecule has 0 fully saturated rings. The van der Waals surface area contributed by atoms with E-state index in [9.17, 15) is 31.3 Å².